The van der Waals surface area contributed by atoms with E-state index in [-0.39, 0.29) is 24.0 Å². The van der Waals surface area contributed by atoms with Gasteiger partial charge in [0.2, 0.25) is 5.91 Å². The summed E-state index contributed by atoms with van der Waals surface area (Å²) in [5.41, 5.74) is 0.819. The Hall–Kier alpha value is -2.08. The zero-order valence-corrected chi connectivity index (χ0v) is 18.0. The highest BCUT2D eigenvalue weighted by Gasteiger charge is 2.32. The number of nitrogens with zero attached hydrogens (tertiary/aromatic N) is 2. The summed E-state index contributed by atoms with van der Waals surface area (Å²) in [4.78, 5) is 29.2. The van der Waals surface area contributed by atoms with Crippen molar-refractivity contribution >= 4 is 12.0 Å². The van der Waals surface area contributed by atoms with Crippen LogP contribution < -0.4 is 5.32 Å². The number of carbonyl (C=O) groups is 2. The van der Waals surface area contributed by atoms with Crippen molar-refractivity contribution in [2.75, 3.05) is 26.2 Å². The summed E-state index contributed by atoms with van der Waals surface area (Å²) in [6.45, 7) is 9.66. The molecule has 2 fully saturated rings. The zero-order chi connectivity index (χ0) is 20.9. The molecule has 0 radical (unpaired) electrons. The van der Waals surface area contributed by atoms with E-state index in [4.69, 9.17) is 4.74 Å². The van der Waals surface area contributed by atoms with Crippen molar-refractivity contribution in [1.82, 2.24) is 15.1 Å². The molecule has 1 N–H and O–H groups in total. The number of nitrogens with one attached hydrogen (secondary N) is 1. The van der Waals surface area contributed by atoms with Crippen LogP contribution in [-0.2, 0) is 16.1 Å². The Kier molecular flexibility index (Phi) is 7.17. The number of hydrogen-bond acceptors (Lipinski definition) is 4. The maximum absolute atomic E-state index is 12.8. The number of benzene rings is 1. The lowest BCUT2D eigenvalue weighted by Crippen LogP contribution is -2.50. The molecule has 0 bridgehead atoms. The molecule has 2 amide bonds. The highest BCUT2D eigenvalue weighted by Crippen LogP contribution is 2.21. The van der Waals surface area contributed by atoms with E-state index in [1.54, 1.807) is 4.90 Å². The summed E-state index contributed by atoms with van der Waals surface area (Å²) >= 11 is 0. The van der Waals surface area contributed by atoms with Crippen molar-refractivity contribution in [3.63, 3.8) is 0 Å². The average molecular weight is 402 g/mol. The first-order valence-electron chi connectivity index (χ1n) is 10.8. The van der Waals surface area contributed by atoms with Crippen LogP contribution in [0.25, 0.3) is 0 Å². The van der Waals surface area contributed by atoms with Crippen LogP contribution in [0.3, 0.4) is 0 Å². The lowest BCUT2D eigenvalue weighted by Gasteiger charge is -2.36. The minimum absolute atomic E-state index is 0.0831. The Bertz CT molecular complexity index is 678. The van der Waals surface area contributed by atoms with Gasteiger partial charge in [-0.25, -0.2) is 4.79 Å². The minimum atomic E-state index is -0.514. The molecule has 1 aromatic rings. The SMILES string of the molecule is CC(C)(C)OC(=O)N1CCCC(C(=O)NC2CCN(Cc3ccccc3)CC2)C1. The standard InChI is InChI=1S/C23H35N3O3/c1-23(2,3)29-22(28)26-13-7-10-19(17-26)21(27)24-20-11-14-25(15-12-20)16-18-8-5-4-6-9-18/h4-6,8-9,19-20H,7,10-17H2,1-3H3,(H,24,27). The molecule has 1 atom stereocenters. The zero-order valence-electron chi connectivity index (χ0n) is 18.0. The third kappa shape index (κ3) is 6.74. The van der Waals surface area contributed by atoms with Crippen molar-refractivity contribution in [1.29, 1.82) is 0 Å². The molecule has 0 saturated carbocycles. The second kappa shape index (κ2) is 9.61. The number of carbonyl (C=O) groups excluding carboxylic acids is 2. The van der Waals surface area contributed by atoms with E-state index in [0.29, 0.717) is 13.1 Å². The summed E-state index contributed by atoms with van der Waals surface area (Å²) in [6.07, 6.45) is 3.30. The van der Waals surface area contributed by atoms with Crippen molar-refractivity contribution in [2.45, 2.75) is 64.6 Å². The van der Waals surface area contributed by atoms with Gasteiger partial charge in [0.15, 0.2) is 0 Å². The van der Waals surface area contributed by atoms with Gasteiger partial charge in [0, 0.05) is 38.8 Å². The van der Waals surface area contributed by atoms with Gasteiger partial charge >= 0.3 is 6.09 Å². The number of hydrogen-bond donors (Lipinski definition) is 1. The fraction of sp³-hybridized carbons (Fsp3) is 0.652. The number of rotatable bonds is 4. The Morgan fingerprint density at radius 3 is 2.41 bits per heavy atom. The summed E-state index contributed by atoms with van der Waals surface area (Å²) < 4.78 is 5.47. The molecule has 29 heavy (non-hydrogen) atoms. The number of piperidine rings is 2. The lowest BCUT2D eigenvalue weighted by molar-refractivity contribution is -0.127. The molecule has 2 saturated heterocycles. The van der Waals surface area contributed by atoms with Gasteiger partial charge in [-0.05, 0) is 52.0 Å². The Balaban J connectivity index is 1.43. The fourth-order valence-electron chi connectivity index (χ4n) is 4.08. The van der Waals surface area contributed by atoms with Crippen molar-refractivity contribution < 1.29 is 14.3 Å². The van der Waals surface area contributed by atoms with E-state index in [0.717, 1.165) is 45.3 Å². The molecule has 0 spiro atoms. The van der Waals surface area contributed by atoms with Crippen LogP contribution >= 0.6 is 0 Å². The van der Waals surface area contributed by atoms with Crippen LogP contribution in [0.1, 0.15) is 52.0 Å². The topological polar surface area (TPSA) is 61.9 Å². The Labute approximate surface area is 174 Å². The minimum Gasteiger partial charge on any atom is -0.444 e. The maximum Gasteiger partial charge on any atom is 0.410 e. The molecule has 0 aliphatic carbocycles. The van der Waals surface area contributed by atoms with Gasteiger partial charge in [-0.2, -0.15) is 0 Å². The van der Waals surface area contributed by atoms with Crippen LogP contribution in [0, 0.1) is 5.92 Å². The molecule has 1 aromatic carbocycles. The third-order valence-electron chi connectivity index (χ3n) is 5.63. The molecular weight excluding hydrogens is 366 g/mol. The van der Waals surface area contributed by atoms with Gasteiger partial charge in [0.1, 0.15) is 5.60 Å². The summed E-state index contributed by atoms with van der Waals surface area (Å²) in [5, 5.41) is 3.24. The normalized spacial score (nSPS) is 21.6. The maximum atomic E-state index is 12.8. The predicted molar refractivity (Wildman–Crippen MR) is 113 cm³/mol. The molecule has 2 aliphatic heterocycles. The van der Waals surface area contributed by atoms with Crippen LogP contribution in [0.2, 0.25) is 0 Å². The number of amides is 2. The molecule has 1 unspecified atom stereocenters. The number of ether oxygens (including phenoxy) is 1. The van der Waals surface area contributed by atoms with E-state index in [1.165, 1.54) is 5.56 Å². The largest absolute Gasteiger partial charge is 0.444 e. The fourth-order valence-corrected chi connectivity index (χ4v) is 4.08. The van der Waals surface area contributed by atoms with E-state index < -0.39 is 5.60 Å². The molecule has 6 nitrogen and oxygen atoms in total. The Morgan fingerprint density at radius 1 is 1.07 bits per heavy atom. The summed E-state index contributed by atoms with van der Waals surface area (Å²) in [7, 11) is 0. The highest BCUT2D eigenvalue weighted by molar-refractivity contribution is 5.80. The molecule has 2 aliphatic rings. The van der Waals surface area contributed by atoms with Gasteiger partial charge in [-0.1, -0.05) is 30.3 Å². The molecule has 0 aromatic heterocycles. The van der Waals surface area contributed by atoms with Gasteiger partial charge in [-0.15, -0.1) is 0 Å². The van der Waals surface area contributed by atoms with E-state index in [2.05, 4.69) is 34.5 Å². The lowest BCUT2D eigenvalue weighted by atomic mass is 9.96. The van der Waals surface area contributed by atoms with E-state index >= 15 is 0 Å². The monoisotopic (exact) mass is 401 g/mol. The van der Waals surface area contributed by atoms with Crippen LogP contribution in [0.15, 0.2) is 30.3 Å². The Morgan fingerprint density at radius 2 is 1.76 bits per heavy atom. The highest BCUT2D eigenvalue weighted by atomic mass is 16.6. The molecule has 2 heterocycles. The average Bonchev–Trinajstić information content (AvgIpc) is 2.69. The van der Waals surface area contributed by atoms with Crippen LogP contribution in [-0.4, -0.2) is 59.6 Å². The number of likely N-dealkylation sites (tertiary alicyclic amines) is 2. The molecule has 6 heteroatoms. The van der Waals surface area contributed by atoms with E-state index in [1.807, 2.05) is 26.8 Å². The van der Waals surface area contributed by atoms with E-state index in [9.17, 15) is 9.59 Å². The predicted octanol–water partition coefficient (Wildman–Crippen LogP) is 3.41. The quantitative estimate of drug-likeness (QED) is 0.840. The van der Waals surface area contributed by atoms with Crippen LogP contribution in [0.5, 0.6) is 0 Å². The first kappa shape index (κ1) is 21.6. The van der Waals surface area contributed by atoms with Gasteiger partial charge in [-0.3, -0.25) is 9.69 Å². The van der Waals surface area contributed by atoms with Crippen molar-refractivity contribution in [3.05, 3.63) is 35.9 Å². The van der Waals surface area contributed by atoms with Crippen LogP contribution in [0.4, 0.5) is 4.79 Å². The molecule has 3 rings (SSSR count). The smallest absolute Gasteiger partial charge is 0.410 e. The first-order valence-corrected chi connectivity index (χ1v) is 10.8. The second-order valence-electron chi connectivity index (χ2n) is 9.31. The summed E-state index contributed by atoms with van der Waals surface area (Å²) in [6, 6.07) is 10.7. The first-order chi connectivity index (χ1) is 13.8. The van der Waals surface area contributed by atoms with Crippen molar-refractivity contribution in [2.24, 2.45) is 5.92 Å². The van der Waals surface area contributed by atoms with Crippen molar-refractivity contribution in [3.8, 4) is 0 Å². The second-order valence-corrected chi connectivity index (χ2v) is 9.31. The summed E-state index contributed by atoms with van der Waals surface area (Å²) in [5.74, 6) is -0.0571. The van der Waals surface area contributed by atoms with Gasteiger partial charge in [0.05, 0.1) is 5.92 Å². The van der Waals surface area contributed by atoms with Gasteiger partial charge < -0.3 is 15.0 Å². The molecular formula is C23H35N3O3. The van der Waals surface area contributed by atoms with Gasteiger partial charge in [0.25, 0.3) is 0 Å². The third-order valence-corrected chi connectivity index (χ3v) is 5.63. The molecule has 160 valence electrons.